The second-order valence-corrected chi connectivity index (χ2v) is 6.69. The molecule has 21 heavy (non-hydrogen) atoms. The van der Waals surface area contributed by atoms with Gasteiger partial charge in [0.05, 0.1) is 17.9 Å². The molecule has 0 spiro atoms. The quantitative estimate of drug-likeness (QED) is 0.604. The van der Waals surface area contributed by atoms with Crippen LogP contribution in [0.1, 0.15) is 22.3 Å². The minimum atomic E-state index is -3.05. The zero-order chi connectivity index (χ0) is 15.9. The fraction of sp³-hybridized carbons (Fsp3) is 0.357. The van der Waals surface area contributed by atoms with Crippen molar-refractivity contribution in [3.05, 3.63) is 35.1 Å². The monoisotopic (exact) mass is 312 g/mol. The number of rotatable bonds is 5. The molecule has 0 aliphatic rings. The smallest absolute Gasteiger partial charge is 0.252 e. The van der Waals surface area contributed by atoms with Crippen molar-refractivity contribution in [3.63, 3.8) is 0 Å². The van der Waals surface area contributed by atoms with Crippen molar-refractivity contribution >= 4 is 15.7 Å². The maximum atomic E-state index is 13.2. The molecule has 0 fully saturated rings. The lowest BCUT2D eigenvalue weighted by atomic mass is 10.1. The number of benzene rings is 1. The summed E-state index contributed by atoms with van der Waals surface area (Å²) in [7, 11) is -3.05. The highest BCUT2D eigenvalue weighted by atomic mass is 32.2. The van der Waals surface area contributed by atoms with E-state index in [4.69, 9.17) is 5.73 Å². The number of carbonyl (C=O) groups is 1. The minimum absolute atomic E-state index is 0.00344. The zero-order valence-electron chi connectivity index (χ0n) is 11.6. The van der Waals surface area contributed by atoms with E-state index in [-0.39, 0.29) is 30.0 Å². The molecule has 1 rings (SSSR count). The molecule has 0 saturated heterocycles. The lowest BCUT2D eigenvalue weighted by molar-refractivity contribution is 0.0953. The molecular formula is C14H17FN2O3S. The fourth-order valence-corrected chi connectivity index (χ4v) is 2.26. The van der Waals surface area contributed by atoms with Gasteiger partial charge in [-0.1, -0.05) is 11.8 Å². The van der Waals surface area contributed by atoms with Crippen molar-refractivity contribution in [3.8, 4) is 11.8 Å². The average Bonchev–Trinajstić information content (AvgIpc) is 2.40. The Morgan fingerprint density at radius 3 is 2.76 bits per heavy atom. The van der Waals surface area contributed by atoms with Crippen LogP contribution in [0.2, 0.25) is 0 Å². The van der Waals surface area contributed by atoms with Gasteiger partial charge in [-0.25, -0.2) is 12.8 Å². The first-order valence-electron chi connectivity index (χ1n) is 6.28. The summed E-state index contributed by atoms with van der Waals surface area (Å²) in [6, 6.07) is 3.66. The van der Waals surface area contributed by atoms with E-state index in [0.29, 0.717) is 6.42 Å². The molecule has 0 aliphatic carbocycles. The molecule has 0 saturated carbocycles. The molecule has 7 heteroatoms. The van der Waals surface area contributed by atoms with Crippen molar-refractivity contribution < 1.29 is 17.6 Å². The summed E-state index contributed by atoms with van der Waals surface area (Å²) in [6.07, 6.45) is 1.45. The minimum Gasteiger partial charge on any atom is -0.352 e. The zero-order valence-corrected chi connectivity index (χ0v) is 12.5. The first-order valence-corrected chi connectivity index (χ1v) is 8.34. The Labute approximate surface area is 123 Å². The van der Waals surface area contributed by atoms with Crippen LogP contribution in [0.5, 0.6) is 0 Å². The molecule has 0 bridgehead atoms. The van der Waals surface area contributed by atoms with Crippen LogP contribution in [-0.4, -0.2) is 39.4 Å². The van der Waals surface area contributed by atoms with E-state index in [9.17, 15) is 17.6 Å². The van der Waals surface area contributed by atoms with Crippen LogP contribution in [0, 0.1) is 17.7 Å². The second-order valence-electron chi connectivity index (χ2n) is 4.44. The summed E-state index contributed by atoms with van der Waals surface area (Å²) < 4.78 is 35.1. The third-order valence-corrected chi connectivity index (χ3v) is 3.56. The van der Waals surface area contributed by atoms with Gasteiger partial charge in [0.25, 0.3) is 5.91 Å². The highest BCUT2D eigenvalue weighted by Crippen LogP contribution is 2.10. The van der Waals surface area contributed by atoms with Crippen LogP contribution >= 0.6 is 0 Å². The molecule has 114 valence electrons. The molecule has 0 radical (unpaired) electrons. The lowest BCUT2D eigenvalue weighted by Crippen LogP contribution is -2.26. The number of nitrogens with two attached hydrogens (primary N) is 1. The number of sulfone groups is 1. The third kappa shape index (κ3) is 6.38. The van der Waals surface area contributed by atoms with Gasteiger partial charge < -0.3 is 11.1 Å². The second kappa shape index (κ2) is 7.76. The molecular weight excluding hydrogens is 295 g/mol. The van der Waals surface area contributed by atoms with Gasteiger partial charge in [-0.15, -0.1) is 0 Å². The maximum absolute atomic E-state index is 13.2. The van der Waals surface area contributed by atoms with Crippen LogP contribution in [-0.2, 0) is 9.84 Å². The molecule has 0 heterocycles. The molecule has 3 N–H and O–H groups in total. The fourth-order valence-electron chi connectivity index (χ4n) is 1.60. The van der Waals surface area contributed by atoms with Gasteiger partial charge in [-0.2, -0.15) is 0 Å². The van der Waals surface area contributed by atoms with Crippen molar-refractivity contribution in [1.29, 1.82) is 0 Å². The average molecular weight is 312 g/mol. The van der Waals surface area contributed by atoms with E-state index in [1.807, 2.05) is 0 Å². The summed E-state index contributed by atoms with van der Waals surface area (Å²) in [4.78, 5) is 12.0. The predicted octanol–water partition coefficient (Wildman–Crippen LogP) is 0.300. The first kappa shape index (κ1) is 17.1. The molecule has 1 aromatic rings. The Morgan fingerprint density at radius 2 is 2.14 bits per heavy atom. The Bertz CT molecular complexity index is 675. The van der Waals surface area contributed by atoms with Gasteiger partial charge in [0.15, 0.2) is 0 Å². The van der Waals surface area contributed by atoms with E-state index >= 15 is 0 Å². The number of carbonyl (C=O) groups excluding carboxylic acids is 1. The van der Waals surface area contributed by atoms with Gasteiger partial charge in [0.1, 0.15) is 15.7 Å². The van der Waals surface area contributed by atoms with Crippen LogP contribution in [0.15, 0.2) is 18.2 Å². The highest BCUT2D eigenvalue weighted by Gasteiger charge is 2.11. The van der Waals surface area contributed by atoms with Crippen LogP contribution in [0.4, 0.5) is 4.39 Å². The standard InChI is InChI=1S/C14H17FN2O3S/c1-21(19,20)9-3-8-17-14(18)13-6-5-12(15)10-11(13)4-2-7-16/h5-6,10H,3,7-9,16H2,1H3,(H,17,18). The normalized spacial score (nSPS) is 10.6. The van der Waals surface area contributed by atoms with Crippen molar-refractivity contribution in [1.82, 2.24) is 5.32 Å². The Morgan fingerprint density at radius 1 is 1.43 bits per heavy atom. The summed E-state index contributed by atoms with van der Waals surface area (Å²) in [5.41, 5.74) is 5.74. The Balaban J connectivity index is 2.74. The molecule has 1 aromatic carbocycles. The van der Waals surface area contributed by atoms with Gasteiger partial charge >= 0.3 is 0 Å². The Hall–Kier alpha value is -1.91. The SMILES string of the molecule is CS(=O)(=O)CCCNC(=O)c1ccc(F)cc1C#CCN. The number of nitrogens with one attached hydrogen (secondary N) is 1. The van der Waals surface area contributed by atoms with Gasteiger partial charge in [-0.3, -0.25) is 4.79 Å². The van der Waals surface area contributed by atoms with E-state index in [1.165, 1.54) is 12.1 Å². The Kier molecular flexibility index (Phi) is 6.34. The van der Waals surface area contributed by atoms with Gasteiger partial charge in [0, 0.05) is 18.4 Å². The maximum Gasteiger partial charge on any atom is 0.252 e. The number of hydrogen-bond acceptors (Lipinski definition) is 4. The molecule has 0 aliphatic heterocycles. The molecule has 0 aromatic heterocycles. The van der Waals surface area contributed by atoms with Crippen molar-refractivity contribution in [2.75, 3.05) is 25.1 Å². The van der Waals surface area contributed by atoms with E-state index in [2.05, 4.69) is 17.2 Å². The molecule has 1 amide bonds. The highest BCUT2D eigenvalue weighted by molar-refractivity contribution is 7.90. The van der Waals surface area contributed by atoms with Gasteiger partial charge in [-0.05, 0) is 24.6 Å². The topological polar surface area (TPSA) is 89.3 Å². The van der Waals surface area contributed by atoms with E-state index < -0.39 is 21.6 Å². The van der Waals surface area contributed by atoms with Gasteiger partial charge in [0.2, 0.25) is 0 Å². The van der Waals surface area contributed by atoms with Crippen molar-refractivity contribution in [2.45, 2.75) is 6.42 Å². The summed E-state index contributed by atoms with van der Waals surface area (Å²) in [5.74, 6) is 4.28. The molecule has 5 nitrogen and oxygen atoms in total. The summed E-state index contributed by atoms with van der Waals surface area (Å²) in [6.45, 7) is 0.318. The number of hydrogen-bond donors (Lipinski definition) is 2. The van der Waals surface area contributed by atoms with E-state index in [0.717, 1.165) is 12.3 Å². The lowest BCUT2D eigenvalue weighted by Gasteiger charge is -2.07. The summed E-state index contributed by atoms with van der Waals surface area (Å²) in [5, 5.41) is 2.58. The number of amides is 1. The van der Waals surface area contributed by atoms with Crippen LogP contribution < -0.4 is 11.1 Å². The van der Waals surface area contributed by atoms with Crippen LogP contribution in [0.25, 0.3) is 0 Å². The third-order valence-electron chi connectivity index (χ3n) is 2.53. The predicted molar refractivity (Wildman–Crippen MR) is 79.0 cm³/mol. The van der Waals surface area contributed by atoms with Crippen molar-refractivity contribution in [2.24, 2.45) is 5.73 Å². The molecule has 0 atom stereocenters. The number of halogens is 1. The van der Waals surface area contributed by atoms with Crippen LogP contribution in [0.3, 0.4) is 0 Å². The first-order chi connectivity index (χ1) is 9.83. The molecule has 0 unspecified atom stereocenters. The largest absolute Gasteiger partial charge is 0.352 e. The van der Waals surface area contributed by atoms with E-state index in [1.54, 1.807) is 0 Å². The summed E-state index contributed by atoms with van der Waals surface area (Å²) >= 11 is 0.